The number of rotatable bonds is 2. The molecule has 4 heteroatoms. The van der Waals surface area contributed by atoms with E-state index in [-0.39, 0.29) is 5.91 Å². The van der Waals surface area contributed by atoms with E-state index < -0.39 is 17.8 Å². The Kier molecular flexibility index (Phi) is 3.84. The zero-order valence-corrected chi connectivity index (χ0v) is 10.6. The lowest BCUT2D eigenvalue weighted by Crippen LogP contribution is -2.43. The highest BCUT2D eigenvalue weighted by Gasteiger charge is 2.36. The summed E-state index contributed by atoms with van der Waals surface area (Å²) in [5, 5.41) is 9.19. The lowest BCUT2D eigenvalue weighted by molar-refractivity contribution is -0.150. The Hall–Kier alpha value is -1.58. The number of hydrogen-bond donors (Lipinski definition) is 1. The van der Waals surface area contributed by atoms with Gasteiger partial charge in [-0.1, -0.05) is 23.8 Å². The van der Waals surface area contributed by atoms with Crippen LogP contribution >= 0.6 is 0 Å². The van der Waals surface area contributed by atoms with Gasteiger partial charge in [-0.3, -0.25) is 9.59 Å². The summed E-state index contributed by atoms with van der Waals surface area (Å²) in [5.41, 5.74) is 1.19. The second-order valence-electron chi connectivity index (χ2n) is 5.09. The average Bonchev–Trinajstić information content (AvgIpc) is 2.38. The van der Waals surface area contributed by atoms with Crippen LogP contribution in [0.5, 0.6) is 0 Å². The minimum absolute atomic E-state index is 0.000741. The number of carboxylic acids is 1. The van der Waals surface area contributed by atoms with Crippen LogP contribution in [-0.4, -0.2) is 35.0 Å². The highest BCUT2D eigenvalue weighted by molar-refractivity contribution is 5.85. The fourth-order valence-electron chi connectivity index (χ4n) is 2.69. The summed E-state index contributed by atoms with van der Waals surface area (Å²) in [4.78, 5) is 25.4. The first-order valence-electron chi connectivity index (χ1n) is 6.42. The third-order valence-corrected chi connectivity index (χ3v) is 3.71. The molecule has 1 aliphatic carbocycles. The minimum Gasteiger partial charge on any atom is -0.481 e. The van der Waals surface area contributed by atoms with Crippen LogP contribution in [0.1, 0.15) is 26.2 Å². The Labute approximate surface area is 107 Å². The summed E-state index contributed by atoms with van der Waals surface area (Å²) in [6.07, 6.45) is 7.82. The fraction of sp³-hybridized carbons (Fsp3) is 0.571. The van der Waals surface area contributed by atoms with Gasteiger partial charge in [-0.15, -0.1) is 0 Å². The molecule has 4 nitrogen and oxygen atoms in total. The molecule has 0 saturated heterocycles. The molecule has 98 valence electrons. The van der Waals surface area contributed by atoms with Crippen LogP contribution in [0.2, 0.25) is 0 Å². The summed E-state index contributed by atoms with van der Waals surface area (Å²) in [5.74, 6) is -1.81. The van der Waals surface area contributed by atoms with Gasteiger partial charge in [0, 0.05) is 13.1 Å². The Morgan fingerprint density at radius 3 is 2.56 bits per heavy atom. The molecule has 0 spiro atoms. The zero-order chi connectivity index (χ0) is 13.1. The molecule has 0 fully saturated rings. The Bertz CT molecular complexity index is 411. The van der Waals surface area contributed by atoms with Crippen LogP contribution in [0.25, 0.3) is 0 Å². The second-order valence-corrected chi connectivity index (χ2v) is 5.09. The average molecular weight is 249 g/mol. The number of carbonyl (C=O) groups excluding carboxylic acids is 1. The minimum atomic E-state index is -0.859. The molecule has 1 N–H and O–H groups in total. The Balaban J connectivity index is 2.09. The van der Waals surface area contributed by atoms with E-state index in [0.29, 0.717) is 25.9 Å². The van der Waals surface area contributed by atoms with Gasteiger partial charge in [0.05, 0.1) is 11.8 Å². The molecule has 0 aromatic heterocycles. The molecule has 0 aromatic rings. The van der Waals surface area contributed by atoms with E-state index in [0.717, 1.165) is 6.42 Å². The fourth-order valence-corrected chi connectivity index (χ4v) is 2.69. The van der Waals surface area contributed by atoms with E-state index in [2.05, 4.69) is 6.08 Å². The summed E-state index contributed by atoms with van der Waals surface area (Å²) < 4.78 is 0. The maximum Gasteiger partial charge on any atom is 0.307 e. The number of allylic oxidation sites excluding steroid dienone is 2. The maximum atomic E-state index is 12.4. The summed E-state index contributed by atoms with van der Waals surface area (Å²) in [7, 11) is 0. The van der Waals surface area contributed by atoms with Gasteiger partial charge in [-0.25, -0.2) is 0 Å². The molecule has 1 heterocycles. The predicted octanol–water partition coefficient (Wildman–Crippen LogP) is 1.83. The zero-order valence-electron chi connectivity index (χ0n) is 10.6. The van der Waals surface area contributed by atoms with Crippen molar-refractivity contribution in [3.63, 3.8) is 0 Å². The van der Waals surface area contributed by atoms with E-state index >= 15 is 0 Å². The second kappa shape index (κ2) is 5.38. The first-order valence-corrected chi connectivity index (χ1v) is 6.42. The maximum absolute atomic E-state index is 12.4. The smallest absolute Gasteiger partial charge is 0.307 e. The van der Waals surface area contributed by atoms with Crippen molar-refractivity contribution in [3.05, 3.63) is 23.8 Å². The molecule has 2 atom stereocenters. The number of carboxylic acid groups (broad SMARTS) is 1. The predicted molar refractivity (Wildman–Crippen MR) is 67.9 cm³/mol. The van der Waals surface area contributed by atoms with Crippen LogP contribution in [0.4, 0.5) is 0 Å². The number of amides is 1. The van der Waals surface area contributed by atoms with Crippen molar-refractivity contribution in [2.45, 2.75) is 26.2 Å². The lowest BCUT2D eigenvalue weighted by Gasteiger charge is -2.32. The third kappa shape index (κ3) is 2.63. The number of hydrogen-bond acceptors (Lipinski definition) is 2. The summed E-state index contributed by atoms with van der Waals surface area (Å²) in [6, 6.07) is 0. The lowest BCUT2D eigenvalue weighted by atomic mass is 9.82. The third-order valence-electron chi connectivity index (χ3n) is 3.71. The molecule has 0 aromatic carbocycles. The van der Waals surface area contributed by atoms with Crippen molar-refractivity contribution >= 4 is 11.9 Å². The van der Waals surface area contributed by atoms with E-state index in [1.165, 1.54) is 5.57 Å². The van der Waals surface area contributed by atoms with Crippen LogP contribution in [0.3, 0.4) is 0 Å². The van der Waals surface area contributed by atoms with Gasteiger partial charge < -0.3 is 10.0 Å². The molecule has 1 aliphatic heterocycles. The molecular weight excluding hydrogens is 230 g/mol. The first kappa shape index (κ1) is 12.9. The van der Waals surface area contributed by atoms with Gasteiger partial charge in [-0.05, 0) is 26.2 Å². The normalized spacial score (nSPS) is 27.8. The molecule has 2 rings (SSSR count). The van der Waals surface area contributed by atoms with Crippen LogP contribution < -0.4 is 0 Å². The van der Waals surface area contributed by atoms with Crippen molar-refractivity contribution in [1.82, 2.24) is 4.90 Å². The summed E-state index contributed by atoms with van der Waals surface area (Å²) in [6.45, 7) is 3.36. The van der Waals surface area contributed by atoms with Gasteiger partial charge in [-0.2, -0.15) is 0 Å². The van der Waals surface area contributed by atoms with E-state index in [1.54, 1.807) is 4.90 Å². The van der Waals surface area contributed by atoms with Crippen LogP contribution in [0.15, 0.2) is 23.8 Å². The molecular formula is C14H19NO3. The van der Waals surface area contributed by atoms with E-state index in [1.807, 2.05) is 19.1 Å². The summed E-state index contributed by atoms with van der Waals surface area (Å²) >= 11 is 0. The number of carbonyl (C=O) groups is 2. The van der Waals surface area contributed by atoms with Crippen molar-refractivity contribution in [1.29, 1.82) is 0 Å². The van der Waals surface area contributed by atoms with Gasteiger partial charge in [0.15, 0.2) is 0 Å². The van der Waals surface area contributed by atoms with Crippen molar-refractivity contribution in [3.8, 4) is 0 Å². The molecule has 0 saturated carbocycles. The van der Waals surface area contributed by atoms with E-state index in [9.17, 15) is 14.7 Å². The van der Waals surface area contributed by atoms with Gasteiger partial charge in [0.1, 0.15) is 0 Å². The molecule has 18 heavy (non-hydrogen) atoms. The Morgan fingerprint density at radius 2 is 1.94 bits per heavy atom. The van der Waals surface area contributed by atoms with Gasteiger partial charge >= 0.3 is 5.97 Å². The molecule has 2 unspecified atom stereocenters. The van der Waals surface area contributed by atoms with Crippen molar-refractivity contribution < 1.29 is 14.7 Å². The first-order chi connectivity index (χ1) is 8.59. The van der Waals surface area contributed by atoms with Gasteiger partial charge in [0.2, 0.25) is 5.91 Å². The van der Waals surface area contributed by atoms with Gasteiger partial charge in [0.25, 0.3) is 0 Å². The molecule has 0 radical (unpaired) electrons. The molecule has 2 aliphatic rings. The SMILES string of the molecule is CC1=CCCN(C(=O)C2CC=CCC2C(=O)O)C1. The molecule has 0 bridgehead atoms. The Morgan fingerprint density at radius 1 is 1.28 bits per heavy atom. The van der Waals surface area contributed by atoms with Crippen LogP contribution in [0, 0.1) is 11.8 Å². The van der Waals surface area contributed by atoms with E-state index in [4.69, 9.17) is 0 Å². The number of nitrogens with zero attached hydrogens (tertiary/aromatic N) is 1. The monoisotopic (exact) mass is 249 g/mol. The highest BCUT2D eigenvalue weighted by Crippen LogP contribution is 2.28. The molecule has 1 amide bonds. The standard InChI is InChI=1S/C14H19NO3/c1-10-5-4-8-15(9-10)13(16)11-6-2-3-7-12(11)14(17)18/h2-3,5,11-12H,4,6-9H2,1H3,(H,17,18). The quantitative estimate of drug-likeness (QED) is 0.760. The van der Waals surface area contributed by atoms with Crippen molar-refractivity contribution in [2.24, 2.45) is 11.8 Å². The highest BCUT2D eigenvalue weighted by atomic mass is 16.4. The topological polar surface area (TPSA) is 57.6 Å². The largest absolute Gasteiger partial charge is 0.481 e. The van der Waals surface area contributed by atoms with Crippen LogP contribution in [-0.2, 0) is 9.59 Å². The van der Waals surface area contributed by atoms with Crippen molar-refractivity contribution in [2.75, 3.05) is 13.1 Å². The number of aliphatic carboxylic acids is 1.